The Morgan fingerprint density at radius 1 is 0.475 bits per heavy atom. The molecule has 0 radical (unpaired) electrons. The molecule has 1 unspecified atom stereocenters. The maximum atomic E-state index is 4.53. The molecule has 0 bridgehead atoms. The number of allylic oxidation sites excluding steroid dienone is 5. The van der Waals surface area contributed by atoms with E-state index in [0.717, 1.165) is 28.9 Å². The van der Waals surface area contributed by atoms with Crippen LogP contribution >= 0.6 is 11.8 Å². The first kappa shape index (κ1) is 37.2. The molecule has 2 aliphatic carbocycles. The van der Waals surface area contributed by atoms with Crippen LogP contribution in [0.4, 0.5) is 17.1 Å². The van der Waals surface area contributed by atoms with Gasteiger partial charge in [-0.15, -0.1) is 0 Å². The molecular formula is C59H45NS. The number of fused-ring (bicyclic) bond motifs is 11. The summed E-state index contributed by atoms with van der Waals surface area (Å²) in [6.07, 6.45) is 9.65. The van der Waals surface area contributed by atoms with Gasteiger partial charge in [0.2, 0.25) is 0 Å². The second kappa shape index (κ2) is 14.7. The molecule has 2 heteroatoms. The summed E-state index contributed by atoms with van der Waals surface area (Å²) in [6, 6.07) is 69.8. The maximum Gasteiger partial charge on any atom is 0.0604 e. The normalized spacial score (nSPS) is 17.7. The van der Waals surface area contributed by atoms with Crippen molar-refractivity contribution < 1.29 is 0 Å². The van der Waals surface area contributed by atoms with Crippen molar-refractivity contribution in [1.29, 1.82) is 0 Å². The van der Waals surface area contributed by atoms with E-state index in [-0.39, 0.29) is 5.41 Å². The van der Waals surface area contributed by atoms with Gasteiger partial charge in [0.1, 0.15) is 0 Å². The van der Waals surface area contributed by atoms with E-state index in [4.69, 9.17) is 0 Å². The second-order valence-electron chi connectivity index (χ2n) is 16.9. The van der Waals surface area contributed by atoms with E-state index >= 15 is 0 Å². The van der Waals surface area contributed by atoms with Crippen molar-refractivity contribution in [2.75, 3.05) is 4.90 Å². The molecule has 0 fully saturated rings. The molecule has 8 aromatic rings. The van der Waals surface area contributed by atoms with Crippen molar-refractivity contribution in [1.82, 2.24) is 0 Å². The molecule has 0 amide bonds. The van der Waals surface area contributed by atoms with E-state index in [1.165, 1.54) is 76.7 Å². The quantitative estimate of drug-likeness (QED) is 0.174. The van der Waals surface area contributed by atoms with Crippen LogP contribution in [-0.4, -0.2) is 0 Å². The van der Waals surface area contributed by atoms with E-state index < -0.39 is 5.41 Å². The lowest BCUT2D eigenvalue weighted by Gasteiger charge is -2.43. The summed E-state index contributed by atoms with van der Waals surface area (Å²) in [6.45, 7) is 9.28. The van der Waals surface area contributed by atoms with Crippen molar-refractivity contribution in [3.8, 4) is 33.4 Å². The topological polar surface area (TPSA) is 3.24 Å². The zero-order valence-electron chi connectivity index (χ0n) is 34.5. The number of hydrogen-bond acceptors (Lipinski definition) is 2. The number of benzene rings is 8. The van der Waals surface area contributed by atoms with Crippen LogP contribution in [0.1, 0.15) is 53.6 Å². The van der Waals surface area contributed by atoms with Gasteiger partial charge in [0.25, 0.3) is 0 Å². The lowest BCUT2D eigenvalue weighted by Crippen LogP contribution is -2.33. The molecule has 61 heavy (non-hydrogen) atoms. The molecule has 1 spiro atoms. The molecule has 0 saturated heterocycles. The minimum atomic E-state index is -0.503. The van der Waals surface area contributed by atoms with Crippen LogP contribution in [0.5, 0.6) is 0 Å². The smallest absolute Gasteiger partial charge is 0.0604 e. The Morgan fingerprint density at radius 3 is 1.85 bits per heavy atom. The molecule has 0 aromatic heterocycles. The maximum absolute atomic E-state index is 4.53. The van der Waals surface area contributed by atoms with Gasteiger partial charge in [0.05, 0.1) is 11.1 Å². The van der Waals surface area contributed by atoms with E-state index in [0.29, 0.717) is 0 Å². The SMILES string of the molecule is C=C1/C=C\C=C/CC2(c3ccccc3Sc3c(N(c4ccc(-c5ccccc5)cc4)c4ccc5c(c4)C(C)(C)c4ccccc4-5)cccc32)c2ccccc2-c2ccccc21. The Hall–Kier alpha value is -6.87. The van der Waals surface area contributed by atoms with Gasteiger partial charge in [0.15, 0.2) is 0 Å². The Kier molecular flexibility index (Phi) is 8.95. The predicted molar refractivity (Wildman–Crippen MR) is 258 cm³/mol. The summed E-state index contributed by atoms with van der Waals surface area (Å²) in [4.78, 5) is 5.05. The third-order valence-corrected chi connectivity index (χ3v) is 14.4. The van der Waals surface area contributed by atoms with Crippen LogP contribution in [0.3, 0.4) is 0 Å². The largest absolute Gasteiger partial charge is 0.309 e. The molecule has 11 rings (SSSR count). The molecule has 1 nitrogen and oxygen atoms in total. The fourth-order valence-corrected chi connectivity index (χ4v) is 11.6. The highest BCUT2D eigenvalue weighted by Gasteiger charge is 2.45. The highest BCUT2D eigenvalue weighted by atomic mass is 32.2. The molecule has 1 atom stereocenters. The van der Waals surface area contributed by atoms with Crippen molar-refractivity contribution in [3.05, 3.63) is 252 Å². The summed E-state index contributed by atoms with van der Waals surface area (Å²) in [5.41, 5.74) is 19.1. The van der Waals surface area contributed by atoms with Crippen LogP contribution in [0.15, 0.2) is 229 Å². The monoisotopic (exact) mass is 799 g/mol. The standard InChI is InChI=1S/C59H45NS/c1-40-19-6-5-17-38-59(51-27-14-12-24-47(51)46-23-10-9-22-45(40)46)52-28-15-16-31-56(52)61-57-53(59)29-18-30-55(57)60(43-34-32-42(33-35-43)41-20-7-4-8-21-41)44-36-37-49-48-25-11-13-26-50(48)58(2,3)54(49)39-44/h4-37,39H,1,38H2,2-3H3/b17-5-,19-6-. The van der Waals surface area contributed by atoms with E-state index in [1.54, 1.807) is 0 Å². The molecule has 292 valence electrons. The first-order valence-electron chi connectivity index (χ1n) is 21.3. The van der Waals surface area contributed by atoms with E-state index in [9.17, 15) is 0 Å². The van der Waals surface area contributed by atoms with Gasteiger partial charge in [-0.3, -0.25) is 0 Å². The van der Waals surface area contributed by atoms with Crippen LogP contribution in [0.25, 0.3) is 39.0 Å². The fourth-order valence-electron chi connectivity index (χ4n) is 10.3. The molecular weight excluding hydrogens is 755 g/mol. The predicted octanol–water partition coefficient (Wildman–Crippen LogP) is 16.1. The zero-order valence-corrected chi connectivity index (χ0v) is 35.3. The Balaban J connectivity index is 1.18. The first-order valence-corrected chi connectivity index (χ1v) is 22.1. The third kappa shape index (κ3) is 5.92. The van der Waals surface area contributed by atoms with Gasteiger partial charge in [-0.2, -0.15) is 0 Å². The molecule has 8 aromatic carbocycles. The second-order valence-corrected chi connectivity index (χ2v) is 18.0. The Morgan fingerprint density at radius 2 is 1.07 bits per heavy atom. The first-order chi connectivity index (χ1) is 29.9. The van der Waals surface area contributed by atoms with Gasteiger partial charge in [-0.05, 0) is 115 Å². The highest BCUT2D eigenvalue weighted by Crippen LogP contribution is 2.60. The van der Waals surface area contributed by atoms with Gasteiger partial charge in [-0.25, -0.2) is 0 Å². The van der Waals surface area contributed by atoms with Crippen LogP contribution in [0, 0.1) is 0 Å². The number of hydrogen-bond donors (Lipinski definition) is 0. The summed E-state index contributed by atoms with van der Waals surface area (Å²) >= 11 is 1.90. The summed E-state index contributed by atoms with van der Waals surface area (Å²) in [7, 11) is 0. The molecule has 0 saturated carbocycles. The van der Waals surface area contributed by atoms with Crippen molar-refractivity contribution in [3.63, 3.8) is 0 Å². The lowest BCUT2D eigenvalue weighted by atomic mass is 9.65. The summed E-state index contributed by atoms with van der Waals surface area (Å²) in [5, 5.41) is 0. The summed E-state index contributed by atoms with van der Waals surface area (Å²) in [5.74, 6) is 0. The van der Waals surface area contributed by atoms with E-state index in [2.05, 4.69) is 238 Å². The van der Waals surface area contributed by atoms with Gasteiger partial charge in [-0.1, -0.05) is 208 Å². The van der Waals surface area contributed by atoms with Crippen molar-refractivity contribution in [2.45, 2.75) is 40.9 Å². The van der Waals surface area contributed by atoms with Crippen LogP contribution in [-0.2, 0) is 10.8 Å². The Bertz CT molecular complexity index is 3080. The Labute approximate surface area is 364 Å². The zero-order chi connectivity index (χ0) is 41.1. The van der Waals surface area contributed by atoms with Gasteiger partial charge in [0, 0.05) is 26.6 Å². The number of nitrogens with zero attached hydrogens (tertiary/aromatic N) is 1. The van der Waals surface area contributed by atoms with Crippen molar-refractivity contribution >= 4 is 34.4 Å². The molecule has 1 aliphatic heterocycles. The van der Waals surface area contributed by atoms with Gasteiger partial charge >= 0.3 is 0 Å². The minimum absolute atomic E-state index is 0.139. The average molecular weight is 800 g/mol. The highest BCUT2D eigenvalue weighted by molar-refractivity contribution is 7.99. The molecule has 1 heterocycles. The van der Waals surface area contributed by atoms with E-state index in [1.807, 2.05) is 11.8 Å². The number of rotatable bonds is 4. The van der Waals surface area contributed by atoms with Crippen LogP contribution < -0.4 is 4.90 Å². The fraction of sp³-hybridized carbons (Fsp3) is 0.0847. The lowest BCUT2D eigenvalue weighted by molar-refractivity contribution is 0.599. The number of anilines is 3. The van der Waals surface area contributed by atoms with Crippen LogP contribution in [0.2, 0.25) is 0 Å². The molecule has 3 aliphatic rings. The van der Waals surface area contributed by atoms with Crippen molar-refractivity contribution in [2.24, 2.45) is 0 Å². The third-order valence-electron chi connectivity index (χ3n) is 13.2. The average Bonchev–Trinajstić information content (AvgIpc) is 3.53. The minimum Gasteiger partial charge on any atom is -0.309 e. The summed E-state index contributed by atoms with van der Waals surface area (Å²) < 4.78 is 0. The molecule has 0 N–H and O–H groups in total. The van der Waals surface area contributed by atoms with Gasteiger partial charge < -0.3 is 4.90 Å².